The van der Waals surface area contributed by atoms with E-state index in [1.165, 1.54) is 25.3 Å². The molecule has 1 N–H and O–H groups in total. The zero-order valence-electron chi connectivity index (χ0n) is 14.7. The summed E-state index contributed by atoms with van der Waals surface area (Å²) in [5, 5.41) is 3.46. The minimum Gasteiger partial charge on any atom is -0.341 e. The molecule has 1 amide bonds. The zero-order valence-corrected chi connectivity index (χ0v) is 16.3. The summed E-state index contributed by atoms with van der Waals surface area (Å²) in [6, 6.07) is 3.60. The summed E-state index contributed by atoms with van der Waals surface area (Å²) in [6.07, 6.45) is 2.80. The van der Waals surface area contributed by atoms with Gasteiger partial charge in [-0.25, -0.2) is 9.37 Å². The molecule has 0 aliphatic carbocycles. The summed E-state index contributed by atoms with van der Waals surface area (Å²) in [4.78, 5) is 28.2. The minimum absolute atomic E-state index is 0.0816. The predicted octanol–water partition coefficient (Wildman–Crippen LogP) is 5.12. The van der Waals surface area contributed by atoms with Crippen LogP contribution in [0, 0.1) is 5.82 Å². The van der Waals surface area contributed by atoms with Crippen LogP contribution in [-0.2, 0) is 4.79 Å². The predicted molar refractivity (Wildman–Crippen MR) is 101 cm³/mol. The summed E-state index contributed by atoms with van der Waals surface area (Å²) < 4.78 is 13.4. The molecule has 1 aromatic heterocycles. The number of carbonyl (C=O) groups is 2. The molecule has 2 aromatic rings. The van der Waals surface area contributed by atoms with Crippen LogP contribution >= 0.6 is 22.9 Å². The molecular formula is C18H22ClFN2O2S. The number of halogens is 2. The second-order valence-electron chi connectivity index (χ2n) is 5.11. The van der Waals surface area contributed by atoms with Crippen molar-refractivity contribution < 1.29 is 14.0 Å². The highest BCUT2D eigenvalue weighted by atomic mass is 35.5. The van der Waals surface area contributed by atoms with Gasteiger partial charge in [0.25, 0.3) is 5.91 Å². The van der Waals surface area contributed by atoms with Crippen LogP contribution in [0.25, 0.3) is 10.6 Å². The number of hydrogen-bond donors (Lipinski definition) is 1. The highest BCUT2D eigenvalue weighted by molar-refractivity contribution is 7.16. The molecule has 1 heterocycles. The Morgan fingerprint density at radius 1 is 1.32 bits per heavy atom. The van der Waals surface area contributed by atoms with Crippen molar-refractivity contribution in [3.05, 3.63) is 40.1 Å². The van der Waals surface area contributed by atoms with E-state index in [0.29, 0.717) is 21.9 Å². The largest absolute Gasteiger partial charge is 0.341 e. The Hall–Kier alpha value is -1.79. The number of ketones is 1. The van der Waals surface area contributed by atoms with Crippen molar-refractivity contribution in [2.24, 2.45) is 0 Å². The quantitative estimate of drug-likeness (QED) is 0.752. The van der Waals surface area contributed by atoms with Crippen molar-refractivity contribution in [2.75, 3.05) is 0 Å². The van der Waals surface area contributed by atoms with Crippen LogP contribution in [0.2, 0.25) is 5.02 Å². The monoisotopic (exact) mass is 384 g/mol. The van der Waals surface area contributed by atoms with E-state index in [9.17, 15) is 14.0 Å². The Kier molecular flexibility index (Phi) is 8.72. The Balaban J connectivity index is 0.00000151. The summed E-state index contributed by atoms with van der Waals surface area (Å²) >= 11 is 6.95. The number of thiazole rings is 1. The first kappa shape index (κ1) is 21.3. The van der Waals surface area contributed by atoms with Gasteiger partial charge in [-0.2, -0.15) is 0 Å². The van der Waals surface area contributed by atoms with E-state index in [1.807, 2.05) is 20.8 Å². The van der Waals surface area contributed by atoms with E-state index in [1.54, 1.807) is 6.07 Å². The maximum Gasteiger partial charge on any atom is 0.263 e. The number of aromatic nitrogens is 1. The molecule has 7 heteroatoms. The van der Waals surface area contributed by atoms with Gasteiger partial charge < -0.3 is 5.32 Å². The third-order valence-electron chi connectivity index (χ3n) is 3.21. The number of benzene rings is 1. The van der Waals surface area contributed by atoms with Gasteiger partial charge in [-0.3, -0.25) is 9.59 Å². The third-order valence-corrected chi connectivity index (χ3v) is 4.48. The van der Waals surface area contributed by atoms with Gasteiger partial charge >= 0.3 is 0 Å². The smallest absolute Gasteiger partial charge is 0.263 e. The van der Waals surface area contributed by atoms with E-state index < -0.39 is 11.9 Å². The van der Waals surface area contributed by atoms with Gasteiger partial charge in [0.1, 0.15) is 15.7 Å². The highest BCUT2D eigenvalue weighted by Crippen LogP contribution is 2.28. The molecule has 136 valence electrons. The molecule has 0 bridgehead atoms. The molecule has 4 nitrogen and oxygen atoms in total. The first-order valence-corrected chi connectivity index (χ1v) is 9.33. The molecule has 0 spiro atoms. The third kappa shape index (κ3) is 6.21. The molecule has 1 unspecified atom stereocenters. The molecule has 1 atom stereocenters. The second kappa shape index (κ2) is 10.3. The van der Waals surface area contributed by atoms with E-state index in [2.05, 4.69) is 10.3 Å². The van der Waals surface area contributed by atoms with Crippen LogP contribution in [0.1, 0.15) is 50.2 Å². The summed E-state index contributed by atoms with van der Waals surface area (Å²) in [6.45, 7) is 7.40. The van der Waals surface area contributed by atoms with Crippen molar-refractivity contribution in [1.82, 2.24) is 10.3 Å². The maximum absolute atomic E-state index is 13.4. The number of Topliss-reactive ketones (excluding diaryl/α,β-unsaturated/α-hetero) is 1. The lowest BCUT2D eigenvalue weighted by Gasteiger charge is -2.13. The molecule has 0 fully saturated rings. The van der Waals surface area contributed by atoms with Gasteiger partial charge in [0.15, 0.2) is 5.78 Å². The molecule has 2 rings (SSSR count). The number of hydrogen-bond acceptors (Lipinski definition) is 4. The fourth-order valence-electron chi connectivity index (χ4n) is 2.08. The first-order valence-electron chi connectivity index (χ1n) is 8.14. The number of amides is 1. The average Bonchev–Trinajstić information content (AvgIpc) is 3.05. The average molecular weight is 385 g/mol. The van der Waals surface area contributed by atoms with Crippen LogP contribution in [0.3, 0.4) is 0 Å². The fourth-order valence-corrected chi connectivity index (χ4v) is 3.11. The normalized spacial score (nSPS) is 11.3. The molecular weight excluding hydrogens is 363 g/mol. The maximum atomic E-state index is 13.4. The Bertz CT molecular complexity index is 713. The topological polar surface area (TPSA) is 59.1 Å². The van der Waals surface area contributed by atoms with Crippen molar-refractivity contribution in [2.45, 2.75) is 46.6 Å². The highest BCUT2D eigenvalue weighted by Gasteiger charge is 2.19. The molecule has 0 aliphatic heterocycles. The molecule has 0 saturated heterocycles. The Morgan fingerprint density at radius 3 is 2.56 bits per heavy atom. The minimum atomic E-state index is -0.498. The van der Waals surface area contributed by atoms with Crippen LogP contribution in [0.15, 0.2) is 24.4 Å². The van der Waals surface area contributed by atoms with Gasteiger partial charge in [-0.05, 0) is 31.5 Å². The van der Waals surface area contributed by atoms with Crippen molar-refractivity contribution >= 4 is 34.6 Å². The van der Waals surface area contributed by atoms with E-state index in [0.717, 1.165) is 17.8 Å². The molecule has 0 saturated carbocycles. The second-order valence-corrected chi connectivity index (χ2v) is 6.58. The zero-order chi connectivity index (χ0) is 19.0. The number of nitrogens with zero attached hydrogens (tertiary/aromatic N) is 1. The van der Waals surface area contributed by atoms with Gasteiger partial charge in [-0.1, -0.05) is 38.8 Å². The van der Waals surface area contributed by atoms with Gasteiger partial charge in [-0.15, -0.1) is 11.3 Å². The SMILES string of the molecule is CC.CCCC(NC(=O)c1cnc(-c2cc(F)cc(Cl)c2)s1)C(C)=O. The molecule has 0 aliphatic rings. The van der Waals surface area contributed by atoms with E-state index >= 15 is 0 Å². The summed E-state index contributed by atoms with van der Waals surface area (Å²) in [7, 11) is 0. The number of rotatable bonds is 6. The first-order chi connectivity index (χ1) is 11.9. The van der Waals surface area contributed by atoms with Crippen molar-refractivity contribution in [3.63, 3.8) is 0 Å². The summed E-state index contributed by atoms with van der Waals surface area (Å²) in [5.41, 5.74) is 0.510. The van der Waals surface area contributed by atoms with Gasteiger partial charge in [0, 0.05) is 10.6 Å². The van der Waals surface area contributed by atoms with Gasteiger partial charge in [0.05, 0.1) is 12.2 Å². The Morgan fingerprint density at radius 2 is 2.00 bits per heavy atom. The van der Waals surface area contributed by atoms with Crippen LogP contribution in [0.5, 0.6) is 0 Å². The van der Waals surface area contributed by atoms with Crippen LogP contribution in [-0.4, -0.2) is 22.7 Å². The van der Waals surface area contributed by atoms with E-state index in [-0.39, 0.29) is 16.7 Å². The molecule has 0 radical (unpaired) electrons. The van der Waals surface area contributed by atoms with Crippen LogP contribution in [0.4, 0.5) is 4.39 Å². The van der Waals surface area contributed by atoms with Crippen molar-refractivity contribution in [1.29, 1.82) is 0 Å². The van der Waals surface area contributed by atoms with E-state index in [4.69, 9.17) is 11.6 Å². The van der Waals surface area contributed by atoms with Crippen LogP contribution < -0.4 is 5.32 Å². The lowest BCUT2D eigenvalue weighted by atomic mass is 10.1. The standard InChI is InChI=1S/C16H16ClFN2O2S.C2H6/c1-3-4-13(9(2)21)20-15(22)14-8-19-16(23-14)10-5-11(17)7-12(18)6-10;1-2/h5-8,13H,3-4H2,1-2H3,(H,20,22);1-2H3. The summed E-state index contributed by atoms with van der Waals surface area (Å²) in [5.74, 6) is -0.903. The lowest BCUT2D eigenvalue weighted by Crippen LogP contribution is -2.39. The van der Waals surface area contributed by atoms with Gasteiger partial charge in [0.2, 0.25) is 0 Å². The fraction of sp³-hybridized carbons (Fsp3) is 0.389. The molecule has 1 aromatic carbocycles. The van der Waals surface area contributed by atoms with Crippen molar-refractivity contribution in [3.8, 4) is 10.6 Å². The number of nitrogens with one attached hydrogen (secondary N) is 1. The Labute approximate surface area is 156 Å². The number of carbonyl (C=O) groups excluding carboxylic acids is 2. The molecule has 25 heavy (non-hydrogen) atoms. The lowest BCUT2D eigenvalue weighted by molar-refractivity contribution is -0.118.